The monoisotopic (exact) mass is 259 g/mol. The van der Waals surface area contributed by atoms with E-state index in [0.717, 1.165) is 38.8 Å². The van der Waals surface area contributed by atoms with Crippen LogP contribution in [0.1, 0.15) is 52.9 Å². The van der Waals surface area contributed by atoms with Crippen molar-refractivity contribution in [3.05, 3.63) is 0 Å². The highest BCUT2D eigenvalue weighted by Gasteiger charge is 2.40. The van der Waals surface area contributed by atoms with Crippen LogP contribution in [0.15, 0.2) is 0 Å². The van der Waals surface area contributed by atoms with Gasteiger partial charge in [0.2, 0.25) is 10.0 Å². The SMILES string of the molecule is CC(C)(C)C1CCCN(S(=O)(=O)C2CCC2)C1. The van der Waals surface area contributed by atoms with E-state index in [1.54, 1.807) is 4.31 Å². The van der Waals surface area contributed by atoms with Crippen LogP contribution in [0.4, 0.5) is 0 Å². The summed E-state index contributed by atoms with van der Waals surface area (Å²) in [5.74, 6) is 0.506. The third-order valence-electron chi connectivity index (χ3n) is 4.44. The van der Waals surface area contributed by atoms with E-state index in [4.69, 9.17) is 0 Å². The highest BCUT2D eigenvalue weighted by molar-refractivity contribution is 7.89. The van der Waals surface area contributed by atoms with Crippen LogP contribution in [0.2, 0.25) is 0 Å². The Hall–Kier alpha value is -0.0900. The van der Waals surface area contributed by atoms with E-state index in [2.05, 4.69) is 20.8 Å². The zero-order valence-electron chi connectivity index (χ0n) is 11.3. The van der Waals surface area contributed by atoms with Crippen molar-refractivity contribution in [3.63, 3.8) is 0 Å². The molecular weight excluding hydrogens is 234 g/mol. The lowest BCUT2D eigenvalue weighted by molar-refractivity contribution is 0.146. The highest BCUT2D eigenvalue weighted by Crippen LogP contribution is 2.36. The lowest BCUT2D eigenvalue weighted by Crippen LogP contribution is -2.48. The largest absolute Gasteiger partial charge is 0.216 e. The van der Waals surface area contributed by atoms with Crippen molar-refractivity contribution in [2.75, 3.05) is 13.1 Å². The fraction of sp³-hybridized carbons (Fsp3) is 1.00. The van der Waals surface area contributed by atoms with Crippen LogP contribution in [0.25, 0.3) is 0 Å². The number of rotatable bonds is 2. The average Bonchev–Trinajstić information content (AvgIpc) is 2.13. The van der Waals surface area contributed by atoms with Crippen LogP contribution < -0.4 is 0 Å². The van der Waals surface area contributed by atoms with Crippen LogP contribution in [0.5, 0.6) is 0 Å². The Morgan fingerprint density at radius 3 is 2.18 bits per heavy atom. The first-order chi connectivity index (χ1) is 7.82. The maximum Gasteiger partial charge on any atom is 0.216 e. The number of piperidine rings is 1. The smallest absolute Gasteiger partial charge is 0.212 e. The summed E-state index contributed by atoms with van der Waals surface area (Å²) in [7, 11) is -2.99. The zero-order valence-corrected chi connectivity index (χ0v) is 12.1. The van der Waals surface area contributed by atoms with Crippen LogP contribution in [0.3, 0.4) is 0 Å². The minimum Gasteiger partial charge on any atom is -0.212 e. The molecule has 0 spiro atoms. The third-order valence-corrected chi connectivity index (χ3v) is 6.81. The first-order valence-electron chi connectivity index (χ1n) is 6.81. The molecule has 1 atom stereocenters. The van der Waals surface area contributed by atoms with Crippen LogP contribution in [0, 0.1) is 11.3 Å². The van der Waals surface area contributed by atoms with Crippen molar-refractivity contribution in [1.29, 1.82) is 0 Å². The van der Waals surface area contributed by atoms with Crippen molar-refractivity contribution >= 4 is 10.0 Å². The Kier molecular flexibility index (Phi) is 3.56. The van der Waals surface area contributed by atoms with E-state index in [1.165, 1.54) is 6.42 Å². The van der Waals surface area contributed by atoms with Crippen molar-refractivity contribution in [1.82, 2.24) is 4.31 Å². The second-order valence-corrected chi connectivity index (χ2v) is 8.87. The highest BCUT2D eigenvalue weighted by atomic mass is 32.2. The molecule has 2 fully saturated rings. The van der Waals surface area contributed by atoms with Crippen molar-refractivity contribution in [2.45, 2.75) is 58.1 Å². The van der Waals surface area contributed by atoms with Crippen LogP contribution >= 0.6 is 0 Å². The summed E-state index contributed by atoms with van der Waals surface area (Å²) in [5, 5.41) is -0.0683. The van der Waals surface area contributed by atoms with Crippen molar-refractivity contribution in [3.8, 4) is 0 Å². The molecule has 100 valence electrons. The van der Waals surface area contributed by atoms with E-state index in [1.807, 2.05) is 0 Å². The summed E-state index contributed by atoms with van der Waals surface area (Å²) >= 11 is 0. The summed E-state index contributed by atoms with van der Waals surface area (Å²) in [6.07, 6.45) is 5.02. The Balaban J connectivity index is 2.07. The van der Waals surface area contributed by atoms with Gasteiger partial charge in [-0.1, -0.05) is 27.2 Å². The molecule has 1 saturated heterocycles. The predicted octanol–water partition coefficient (Wildman–Crippen LogP) is 2.63. The zero-order chi connectivity index (χ0) is 12.7. The number of sulfonamides is 1. The van der Waals surface area contributed by atoms with E-state index < -0.39 is 10.0 Å². The Morgan fingerprint density at radius 2 is 1.71 bits per heavy atom. The molecule has 0 bridgehead atoms. The number of nitrogens with zero attached hydrogens (tertiary/aromatic N) is 1. The van der Waals surface area contributed by atoms with Crippen molar-refractivity contribution in [2.24, 2.45) is 11.3 Å². The lowest BCUT2D eigenvalue weighted by atomic mass is 9.77. The van der Waals surface area contributed by atoms with E-state index in [9.17, 15) is 8.42 Å². The second kappa shape index (κ2) is 4.54. The van der Waals surface area contributed by atoms with E-state index in [-0.39, 0.29) is 10.7 Å². The molecule has 4 heteroatoms. The molecule has 0 N–H and O–H groups in total. The molecule has 1 heterocycles. The maximum absolute atomic E-state index is 12.4. The first kappa shape index (κ1) is 13.3. The van der Waals surface area contributed by atoms with Gasteiger partial charge in [0.25, 0.3) is 0 Å². The molecule has 1 aliphatic carbocycles. The van der Waals surface area contributed by atoms with Gasteiger partial charge >= 0.3 is 0 Å². The molecule has 1 saturated carbocycles. The van der Waals surface area contributed by atoms with Gasteiger partial charge in [-0.15, -0.1) is 0 Å². The van der Waals surface area contributed by atoms with E-state index in [0.29, 0.717) is 5.92 Å². The average molecular weight is 259 g/mol. The molecule has 1 unspecified atom stereocenters. The fourth-order valence-corrected chi connectivity index (χ4v) is 4.88. The van der Waals surface area contributed by atoms with Gasteiger partial charge in [0.1, 0.15) is 0 Å². The molecule has 0 amide bonds. The summed E-state index contributed by atoms with van der Waals surface area (Å²) in [6.45, 7) is 8.14. The summed E-state index contributed by atoms with van der Waals surface area (Å²) in [6, 6.07) is 0. The molecule has 3 nitrogen and oxygen atoms in total. The molecule has 2 rings (SSSR count). The fourth-order valence-electron chi connectivity index (χ4n) is 2.76. The van der Waals surface area contributed by atoms with Crippen molar-refractivity contribution < 1.29 is 8.42 Å². The van der Waals surface area contributed by atoms with Crippen LogP contribution in [-0.2, 0) is 10.0 Å². The minimum absolute atomic E-state index is 0.0683. The molecule has 0 radical (unpaired) electrons. The summed E-state index contributed by atoms with van der Waals surface area (Å²) in [4.78, 5) is 0. The van der Waals surface area contributed by atoms with Gasteiger partial charge in [-0.25, -0.2) is 12.7 Å². The molecule has 17 heavy (non-hydrogen) atoms. The van der Waals surface area contributed by atoms with Gasteiger partial charge < -0.3 is 0 Å². The maximum atomic E-state index is 12.4. The predicted molar refractivity (Wildman–Crippen MR) is 70.3 cm³/mol. The summed E-state index contributed by atoms with van der Waals surface area (Å²) in [5.41, 5.74) is 0.216. The van der Waals surface area contributed by atoms with E-state index >= 15 is 0 Å². The quantitative estimate of drug-likeness (QED) is 0.764. The van der Waals surface area contributed by atoms with Gasteiger partial charge in [-0.3, -0.25) is 0 Å². The van der Waals surface area contributed by atoms with Gasteiger partial charge in [0.05, 0.1) is 5.25 Å². The lowest BCUT2D eigenvalue weighted by Gasteiger charge is -2.41. The molecule has 0 aromatic heterocycles. The standard InChI is InChI=1S/C13H25NO2S/c1-13(2,3)11-6-5-9-14(10-11)17(15,16)12-7-4-8-12/h11-12H,4-10H2,1-3H3. The van der Waals surface area contributed by atoms with Gasteiger partial charge in [-0.05, 0) is 37.0 Å². The van der Waals surface area contributed by atoms with Gasteiger partial charge in [-0.2, -0.15) is 0 Å². The molecule has 1 aliphatic heterocycles. The van der Waals surface area contributed by atoms with Gasteiger partial charge in [0, 0.05) is 13.1 Å². The molecular formula is C13H25NO2S. The molecule has 2 aliphatic rings. The Morgan fingerprint density at radius 1 is 1.06 bits per heavy atom. The number of hydrogen-bond donors (Lipinski definition) is 0. The normalized spacial score (nSPS) is 29.0. The topological polar surface area (TPSA) is 37.4 Å². The molecule has 0 aromatic carbocycles. The third kappa shape index (κ3) is 2.68. The Labute approximate surface area is 106 Å². The number of hydrogen-bond acceptors (Lipinski definition) is 2. The molecule has 0 aromatic rings. The Bertz CT molecular complexity index is 365. The second-order valence-electron chi connectivity index (χ2n) is 6.66. The van der Waals surface area contributed by atoms with Crippen LogP contribution in [-0.4, -0.2) is 31.1 Å². The van der Waals surface area contributed by atoms with Gasteiger partial charge in [0.15, 0.2) is 0 Å². The summed E-state index contributed by atoms with van der Waals surface area (Å²) < 4.78 is 26.5. The first-order valence-corrected chi connectivity index (χ1v) is 8.31. The minimum atomic E-state index is -2.99.